The number of carbonyl (C=O) groups is 2. The first kappa shape index (κ1) is 32.8. The Bertz CT molecular complexity index is 1110. The van der Waals surface area contributed by atoms with E-state index in [1.165, 1.54) is 0 Å². The van der Waals surface area contributed by atoms with Gasteiger partial charge in [-0.25, -0.2) is 4.68 Å². The lowest BCUT2D eigenvalue weighted by molar-refractivity contribution is -0.140. The van der Waals surface area contributed by atoms with Gasteiger partial charge in [0, 0.05) is 52.5 Å². The molecule has 0 spiro atoms. The quantitative estimate of drug-likeness (QED) is 0.375. The zero-order valence-electron chi connectivity index (χ0n) is 24.7. The molecule has 2 aliphatic heterocycles. The van der Waals surface area contributed by atoms with Gasteiger partial charge in [0.1, 0.15) is 5.75 Å². The van der Waals surface area contributed by atoms with Gasteiger partial charge in [0.05, 0.1) is 37.6 Å². The molecule has 2 saturated heterocycles. The normalized spacial score (nSPS) is 19.1. The highest BCUT2D eigenvalue weighted by molar-refractivity contribution is 5.94. The molecule has 2 fully saturated rings. The van der Waals surface area contributed by atoms with Crippen LogP contribution < -0.4 is 10.1 Å². The molecule has 0 bridgehead atoms. The molecule has 2 atom stereocenters. The van der Waals surface area contributed by atoms with E-state index in [0.29, 0.717) is 71.1 Å². The number of amides is 2. The Morgan fingerprint density at radius 3 is 2.51 bits per heavy atom. The van der Waals surface area contributed by atoms with Crippen molar-refractivity contribution in [2.24, 2.45) is 11.8 Å². The van der Waals surface area contributed by atoms with Crippen LogP contribution in [0.25, 0.3) is 5.69 Å². The molecule has 11 nitrogen and oxygen atoms in total. The predicted octanol–water partition coefficient (Wildman–Crippen LogP) is 2.60. The summed E-state index contributed by atoms with van der Waals surface area (Å²) in [7, 11) is 3.32. The highest BCUT2D eigenvalue weighted by Crippen LogP contribution is 2.24. The maximum atomic E-state index is 14.2. The highest BCUT2D eigenvalue weighted by atomic mass is 35.5. The Morgan fingerprint density at radius 1 is 1.12 bits per heavy atom. The van der Waals surface area contributed by atoms with E-state index in [1.54, 1.807) is 18.9 Å². The molecule has 2 amide bonds. The van der Waals surface area contributed by atoms with E-state index in [2.05, 4.69) is 29.5 Å². The van der Waals surface area contributed by atoms with Crippen molar-refractivity contribution < 1.29 is 23.8 Å². The number of aromatic nitrogens is 3. The van der Waals surface area contributed by atoms with Gasteiger partial charge in [-0.15, -0.1) is 17.5 Å². The lowest BCUT2D eigenvalue weighted by Gasteiger charge is -2.40. The summed E-state index contributed by atoms with van der Waals surface area (Å²) in [5, 5.41) is 12.3. The second-order valence-electron chi connectivity index (χ2n) is 11.0. The zero-order valence-corrected chi connectivity index (χ0v) is 25.5. The molecule has 0 aliphatic carbocycles. The van der Waals surface area contributed by atoms with Crippen molar-refractivity contribution in [1.82, 2.24) is 30.1 Å². The summed E-state index contributed by atoms with van der Waals surface area (Å²) in [5.74, 6) is 0.822. The number of morpholine rings is 1. The summed E-state index contributed by atoms with van der Waals surface area (Å²) in [5.41, 5.74) is 1.97. The van der Waals surface area contributed by atoms with Gasteiger partial charge in [0.25, 0.3) is 5.91 Å². The number of carbonyl (C=O) groups excluding carboxylic acids is 2. The first-order chi connectivity index (χ1) is 19.4. The largest absolute Gasteiger partial charge is 0.497 e. The van der Waals surface area contributed by atoms with Crippen LogP contribution in [-0.4, -0.2) is 109 Å². The van der Waals surface area contributed by atoms with Gasteiger partial charge in [0.15, 0.2) is 5.69 Å². The molecule has 2 aliphatic rings. The molecular weight excluding hydrogens is 548 g/mol. The van der Waals surface area contributed by atoms with Gasteiger partial charge < -0.3 is 29.3 Å². The molecular formula is C29H45ClN6O5. The lowest BCUT2D eigenvalue weighted by atomic mass is 9.92. The number of ether oxygens (including phenoxy) is 3. The van der Waals surface area contributed by atoms with Crippen molar-refractivity contribution in [3.8, 4) is 11.4 Å². The summed E-state index contributed by atoms with van der Waals surface area (Å²) in [4.78, 5) is 31.3. The lowest BCUT2D eigenvalue weighted by Crippen LogP contribution is -2.56. The number of rotatable bonds is 12. The third-order valence-corrected chi connectivity index (χ3v) is 7.56. The number of piperidine rings is 1. The fraction of sp³-hybridized carbons (Fsp3) is 0.655. The molecule has 0 radical (unpaired) electrons. The number of halogens is 1. The van der Waals surface area contributed by atoms with E-state index in [4.69, 9.17) is 14.2 Å². The number of nitrogens with one attached hydrogen (secondary N) is 1. The molecule has 0 unspecified atom stereocenters. The third-order valence-electron chi connectivity index (χ3n) is 7.56. The summed E-state index contributed by atoms with van der Waals surface area (Å²) in [6.45, 7) is 9.08. The van der Waals surface area contributed by atoms with Gasteiger partial charge in [-0.3, -0.25) is 9.59 Å². The maximum Gasteiger partial charge on any atom is 0.276 e. The van der Waals surface area contributed by atoms with E-state index in [9.17, 15) is 9.59 Å². The Kier molecular flexibility index (Phi) is 12.8. The molecule has 41 heavy (non-hydrogen) atoms. The first-order valence-corrected chi connectivity index (χ1v) is 14.4. The minimum Gasteiger partial charge on any atom is -0.497 e. The Balaban J connectivity index is 0.00000462. The Morgan fingerprint density at radius 2 is 1.85 bits per heavy atom. The van der Waals surface area contributed by atoms with E-state index in [0.717, 1.165) is 30.0 Å². The van der Waals surface area contributed by atoms with Crippen LogP contribution in [0.15, 0.2) is 24.3 Å². The minimum absolute atomic E-state index is 0. The van der Waals surface area contributed by atoms with Crippen molar-refractivity contribution in [3.05, 3.63) is 35.7 Å². The SMILES string of the molecule is COCCCCc1c(C(=O)N(CC(C)C)[C@@H]2CNC[C@H](C(=O)N3CCOCC3)C2)nnn1-c1ccc(OC)cc1.Cl. The van der Waals surface area contributed by atoms with Crippen LogP contribution in [0, 0.1) is 11.8 Å². The topological polar surface area (TPSA) is 111 Å². The van der Waals surface area contributed by atoms with Crippen LogP contribution in [0.5, 0.6) is 5.75 Å². The highest BCUT2D eigenvalue weighted by Gasteiger charge is 2.37. The molecule has 4 rings (SSSR count). The van der Waals surface area contributed by atoms with Gasteiger partial charge in [0.2, 0.25) is 5.91 Å². The number of methoxy groups -OCH3 is 2. The van der Waals surface area contributed by atoms with Crippen LogP contribution in [0.4, 0.5) is 0 Å². The van der Waals surface area contributed by atoms with E-state index in [1.807, 2.05) is 34.1 Å². The molecule has 3 heterocycles. The number of nitrogens with zero attached hydrogens (tertiary/aromatic N) is 5. The fourth-order valence-electron chi connectivity index (χ4n) is 5.48. The van der Waals surface area contributed by atoms with Crippen LogP contribution in [-0.2, 0) is 20.7 Å². The van der Waals surface area contributed by atoms with Crippen LogP contribution in [0.3, 0.4) is 0 Å². The maximum absolute atomic E-state index is 14.2. The van der Waals surface area contributed by atoms with E-state index < -0.39 is 0 Å². The molecule has 12 heteroatoms. The first-order valence-electron chi connectivity index (χ1n) is 14.4. The number of hydrogen-bond donors (Lipinski definition) is 1. The number of hydrogen-bond acceptors (Lipinski definition) is 8. The molecule has 0 saturated carbocycles. The van der Waals surface area contributed by atoms with Gasteiger partial charge in [-0.1, -0.05) is 19.1 Å². The van der Waals surface area contributed by atoms with E-state index >= 15 is 0 Å². The van der Waals surface area contributed by atoms with E-state index in [-0.39, 0.29) is 42.1 Å². The molecule has 1 N–H and O–H groups in total. The Labute approximate surface area is 249 Å². The van der Waals surface area contributed by atoms with Gasteiger partial charge in [-0.2, -0.15) is 0 Å². The summed E-state index contributed by atoms with van der Waals surface area (Å²) in [6, 6.07) is 7.46. The zero-order chi connectivity index (χ0) is 28.5. The standard InChI is InChI=1S/C29H44N6O5.ClH/c1-21(2)20-34(24-17-22(18-30-19-24)28(36)33-12-15-40-16-13-33)29(37)27-26(7-5-6-14-38-3)35(32-31-27)23-8-10-25(39-4)11-9-23;/h8-11,21-22,24,30H,5-7,12-20H2,1-4H3;1H/t22-,24+;/m1./s1. The van der Waals surface area contributed by atoms with Crippen molar-refractivity contribution in [3.63, 3.8) is 0 Å². The predicted molar refractivity (Wildman–Crippen MR) is 158 cm³/mol. The Hall–Kier alpha value is -2.73. The van der Waals surface area contributed by atoms with Crippen LogP contribution in [0.2, 0.25) is 0 Å². The van der Waals surface area contributed by atoms with Crippen molar-refractivity contribution in [1.29, 1.82) is 0 Å². The van der Waals surface area contributed by atoms with Crippen molar-refractivity contribution >= 4 is 24.2 Å². The minimum atomic E-state index is -0.178. The van der Waals surface area contributed by atoms with Crippen molar-refractivity contribution in [2.75, 3.05) is 66.8 Å². The monoisotopic (exact) mass is 592 g/mol. The number of benzene rings is 1. The van der Waals surface area contributed by atoms with Crippen LogP contribution in [0.1, 0.15) is 49.3 Å². The smallest absolute Gasteiger partial charge is 0.276 e. The summed E-state index contributed by atoms with van der Waals surface area (Å²) < 4.78 is 17.7. The third kappa shape index (κ3) is 8.41. The second kappa shape index (κ2) is 16.1. The van der Waals surface area contributed by atoms with Crippen LogP contribution >= 0.6 is 12.4 Å². The average molecular weight is 593 g/mol. The summed E-state index contributed by atoms with van der Waals surface area (Å²) in [6.07, 6.45) is 2.96. The number of unbranched alkanes of at least 4 members (excludes halogenated alkanes) is 1. The van der Waals surface area contributed by atoms with Gasteiger partial charge in [-0.05, 0) is 55.9 Å². The molecule has 1 aromatic heterocycles. The molecule has 2 aromatic rings. The molecule has 228 valence electrons. The van der Waals surface area contributed by atoms with Crippen molar-refractivity contribution in [2.45, 2.75) is 45.6 Å². The average Bonchev–Trinajstić information content (AvgIpc) is 3.41. The molecule has 1 aromatic carbocycles. The second-order valence-corrected chi connectivity index (χ2v) is 11.0. The van der Waals surface area contributed by atoms with Gasteiger partial charge >= 0.3 is 0 Å². The fourth-order valence-corrected chi connectivity index (χ4v) is 5.48. The summed E-state index contributed by atoms with van der Waals surface area (Å²) >= 11 is 0.